The fourth-order valence-corrected chi connectivity index (χ4v) is 5.05. The van der Waals surface area contributed by atoms with E-state index in [4.69, 9.17) is 32.7 Å². The predicted octanol–water partition coefficient (Wildman–Crippen LogP) is 6.31. The summed E-state index contributed by atoms with van der Waals surface area (Å²) in [5.74, 6) is -0.248. The Morgan fingerprint density at radius 3 is 2.72 bits per heavy atom. The molecule has 1 saturated heterocycles. The van der Waals surface area contributed by atoms with Crippen molar-refractivity contribution in [2.24, 2.45) is 5.92 Å². The van der Waals surface area contributed by atoms with Crippen molar-refractivity contribution in [1.29, 1.82) is 0 Å². The van der Waals surface area contributed by atoms with Crippen molar-refractivity contribution in [3.05, 3.63) is 58.5 Å². The zero-order valence-corrected chi connectivity index (χ0v) is 21.6. The van der Waals surface area contributed by atoms with Crippen molar-refractivity contribution in [3.63, 3.8) is 0 Å². The average molecular weight is 533 g/mol. The first-order valence-electron chi connectivity index (χ1n) is 11.9. The van der Waals surface area contributed by atoms with E-state index in [1.165, 1.54) is 12.1 Å². The van der Waals surface area contributed by atoms with Crippen molar-refractivity contribution < 1.29 is 23.5 Å². The molecule has 3 aromatic rings. The van der Waals surface area contributed by atoms with Gasteiger partial charge < -0.3 is 14.4 Å². The Morgan fingerprint density at radius 1 is 1.17 bits per heavy atom. The Bertz CT molecular complexity index is 1290. The number of ether oxygens (including phenoxy) is 2. The number of piperidine rings is 1. The molecular formula is C27H27Cl2FN2O4. The summed E-state index contributed by atoms with van der Waals surface area (Å²) >= 11 is 12.6. The van der Waals surface area contributed by atoms with Crippen LogP contribution in [0, 0.1) is 11.7 Å². The van der Waals surface area contributed by atoms with Gasteiger partial charge in [-0.05, 0) is 74.6 Å². The molecule has 4 rings (SSSR count). The van der Waals surface area contributed by atoms with Crippen molar-refractivity contribution in [2.75, 3.05) is 19.7 Å². The van der Waals surface area contributed by atoms with Crippen molar-refractivity contribution in [3.8, 4) is 16.9 Å². The van der Waals surface area contributed by atoms with E-state index in [1.54, 1.807) is 43.0 Å². The molecule has 6 nitrogen and oxygen atoms in total. The highest BCUT2D eigenvalue weighted by Crippen LogP contribution is 2.36. The number of halogens is 3. The van der Waals surface area contributed by atoms with E-state index in [9.17, 15) is 14.0 Å². The molecule has 0 unspecified atom stereocenters. The molecule has 36 heavy (non-hydrogen) atoms. The normalized spacial score (nSPS) is 16.6. The molecule has 190 valence electrons. The monoisotopic (exact) mass is 532 g/mol. The maximum atomic E-state index is 13.5. The van der Waals surface area contributed by atoms with Gasteiger partial charge in [-0.2, -0.15) is 0 Å². The Labute approximate surface area is 219 Å². The second kappa shape index (κ2) is 11.4. The largest absolute Gasteiger partial charge is 0.481 e. The summed E-state index contributed by atoms with van der Waals surface area (Å²) in [6, 6.07) is 11.1. The Morgan fingerprint density at radius 2 is 1.97 bits per heavy atom. The summed E-state index contributed by atoms with van der Waals surface area (Å²) in [6.45, 7) is 4.97. The van der Waals surface area contributed by atoms with Crippen molar-refractivity contribution in [2.45, 2.75) is 39.2 Å². The van der Waals surface area contributed by atoms with Crippen LogP contribution in [-0.2, 0) is 14.3 Å². The van der Waals surface area contributed by atoms with E-state index < -0.39 is 11.9 Å². The molecule has 0 bridgehead atoms. The van der Waals surface area contributed by atoms with Crippen LogP contribution in [0.25, 0.3) is 22.0 Å². The number of hydrogen-bond acceptors (Lipinski definition) is 5. The number of aromatic nitrogens is 1. The zero-order valence-electron chi connectivity index (χ0n) is 20.1. The number of nitrogens with zero attached hydrogens (tertiary/aromatic N) is 2. The molecule has 2 heterocycles. The number of amides is 1. The molecule has 1 fully saturated rings. The minimum Gasteiger partial charge on any atom is -0.481 e. The SMILES string of the molecule is CCOC(=O)C[C@H]1CCCN(C(=O)[C@@H](C)Oc2ccc3c(-c4ccc(F)cc4Cl)cc(Cl)nc3c2)C1. The number of esters is 1. The second-order valence-electron chi connectivity index (χ2n) is 8.86. The van der Waals surface area contributed by atoms with Gasteiger partial charge in [0, 0.05) is 30.1 Å². The molecule has 1 amide bonds. The number of rotatable bonds is 7. The van der Waals surface area contributed by atoms with Gasteiger partial charge in [-0.3, -0.25) is 9.59 Å². The van der Waals surface area contributed by atoms with Crippen LogP contribution in [0.1, 0.15) is 33.1 Å². The van der Waals surface area contributed by atoms with Gasteiger partial charge >= 0.3 is 5.97 Å². The molecule has 0 saturated carbocycles. The number of fused-ring (bicyclic) bond motifs is 1. The quantitative estimate of drug-likeness (QED) is 0.263. The van der Waals surface area contributed by atoms with E-state index in [0.717, 1.165) is 18.2 Å². The topological polar surface area (TPSA) is 68.7 Å². The van der Waals surface area contributed by atoms with Crippen molar-refractivity contribution >= 4 is 46.0 Å². The fourth-order valence-electron chi connectivity index (χ4n) is 4.58. The summed E-state index contributed by atoms with van der Waals surface area (Å²) in [5.41, 5.74) is 1.90. The number of carbonyl (C=O) groups is 2. The molecule has 0 aliphatic carbocycles. The first-order chi connectivity index (χ1) is 17.2. The summed E-state index contributed by atoms with van der Waals surface area (Å²) in [6.07, 6.45) is 1.30. The van der Waals surface area contributed by atoms with Gasteiger partial charge in [0.1, 0.15) is 16.7 Å². The predicted molar refractivity (Wildman–Crippen MR) is 138 cm³/mol. The zero-order chi connectivity index (χ0) is 25.8. The smallest absolute Gasteiger partial charge is 0.306 e. The van der Waals surface area contributed by atoms with Gasteiger partial charge in [-0.15, -0.1) is 0 Å². The first kappa shape index (κ1) is 26.2. The van der Waals surface area contributed by atoms with Gasteiger partial charge in [-0.1, -0.05) is 23.2 Å². The average Bonchev–Trinajstić information content (AvgIpc) is 2.83. The number of carbonyl (C=O) groups excluding carboxylic acids is 2. The highest BCUT2D eigenvalue weighted by Gasteiger charge is 2.29. The van der Waals surface area contributed by atoms with E-state index in [1.807, 2.05) is 6.07 Å². The molecule has 2 aromatic carbocycles. The third-order valence-corrected chi connectivity index (χ3v) is 6.73. The number of benzene rings is 2. The third kappa shape index (κ3) is 6.08. The number of hydrogen-bond donors (Lipinski definition) is 0. The van der Waals surface area contributed by atoms with E-state index >= 15 is 0 Å². The van der Waals surface area contributed by atoms with E-state index in [2.05, 4.69) is 4.98 Å². The Balaban J connectivity index is 1.50. The molecule has 0 N–H and O–H groups in total. The standard InChI is InChI=1S/C27H27Cl2FN2O4/c1-3-35-26(33)11-17-5-4-10-32(15-17)27(34)16(2)36-19-7-9-21-22(14-25(29)31-24(21)13-19)20-8-6-18(30)12-23(20)28/h6-9,12-14,16-17H,3-5,10-11,15H2,1-2H3/t16-,17-/m1/s1. The highest BCUT2D eigenvalue weighted by atomic mass is 35.5. The second-order valence-corrected chi connectivity index (χ2v) is 9.65. The molecule has 2 atom stereocenters. The fraction of sp³-hybridized carbons (Fsp3) is 0.370. The molecule has 0 radical (unpaired) electrons. The minimum atomic E-state index is -0.728. The maximum absolute atomic E-state index is 13.5. The minimum absolute atomic E-state index is 0.0812. The molecule has 1 aliphatic rings. The van der Waals surface area contributed by atoms with Gasteiger partial charge in [0.25, 0.3) is 5.91 Å². The number of pyridine rings is 1. The van der Waals surface area contributed by atoms with Gasteiger partial charge in [0.05, 0.1) is 23.6 Å². The van der Waals surface area contributed by atoms with Crippen LogP contribution in [0.3, 0.4) is 0 Å². The lowest BCUT2D eigenvalue weighted by Gasteiger charge is -2.34. The van der Waals surface area contributed by atoms with E-state index in [-0.39, 0.29) is 28.0 Å². The lowest BCUT2D eigenvalue weighted by molar-refractivity contribution is -0.147. The molecular weight excluding hydrogens is 506 g/mol. The van der Waals surface area contributed by atoms with Crippen LogP contribution in [-0.4, -0.2) is 47.6 Å². The molecule has 1 aromatic heterocycles. The molecule has 0 spiro atoms. The van der Waals surface area contributed by atoms with Crippen LogP contribution in [0.4, 0.5) is 4.39 Å². The lowest BCUT2D eigenvalue weighted by Crippen LogP contribution is -2.46. The maximum Gasteiger partial charge on any atom is 0.306 e. The number of likely N-dealkylation sites (tertiary alicyclic amines) is 1. The Hall–Kier alpha value is -2.90. The van der Waals surface area contributed by atoms with E-state index in [0.29, 0.717) is 48.5 Å². The Kier molecular flexibility index (Phi) is 8.32. The van der Waals surface area contributed by atoms with Crippen molar-refractivity contribution in [1.82, 2.24) is 9.88 Å². The van der Waals surface area contributed by atoms with Crippen LogP contribution >= 0.6 is 23.2 Å². The summed E-state index contributed by atoms with van der Waals surface area (Å²) in [7, 11) is 0. The van der Waals surface area contributed by atoms with Crippen LogP contribution in [0.5, 0.6) is 5.75 Å². The third-order valence-electron chi connectivity index (χ3n) is 6.22. The summed E-state index contributed by atoms with van der Waals surface area (Å²) in [4.78, 5) is 31.1. The summed E-state index contributed by atoms with van der Waals surface area (Å²) in [5, 5.41) is 1.28. The van der Waals surface area contributed by atoms with Gasteiger partial charge in [0.2, 0.25) is 0 Å². The summed E-state index contributed by atoms with van der Waals surface area (Å²) < 4.78 is 24.6. The van der Waals surface area contributed by atoms with Gasteiger partial charge in [-0.25, -0.2) is 9.37 Å². The molecule has 1 aliphatic heterocycles. The molecule has 9 heteroatoms. The van der Waals surface area contributed by atoms with Crippen LogP contribution < -0.4 is 4.74 Å². The first-order valence-corrected chi connectivity index (χ1v) is 12.7. The van der Waals surface area contributed by atoms with Crippen LogP contribution in [0.15, 0.2) is 42.5 Å². The highest BCUT2D eigenvalue weighted by molar-refractivity contribution is 6.34. The van der Waals surface area contributed by atoms with Crippen LogP contribution in [0.2, 0.25) is 10.2 Å². The lowest BCUT2D eigenvalue weighted by atomic mass is 9.94. The van der Waals surface area contributed by atoms with Gasteiger partial charge in [0.15, 0.2) is 6.10 Å².